The molecule has 0 bridgehead atoms. The normalized spacial score (nSPS) is 15.3. The molecular weight excluding hydrogens is 154 g/mol. The Kier molecular flexibility index (Phi) is 4.74. The van der Waals surface area contributed by atoms with Crippen molar-refractivity contribution < 1.29 is 9.59 Å². The van der Waals surface area contributed by atoms with Crippen molar-refractivity contribution in [2.24, 2.45) is 5.92 Å². The molecule has 0 aliphatic heterocycles. The lowest BCUT2D eigenvalue weighted by molar-refractivity contribution is -0.127. The summed E-state index contributed by atoms with van der Waals surface area (Å²) < 4.78 is 0. The van der Waals surface area contributed by atoms with Crippen LogP contribution < -0.4 is 5.32 Å². The number of carbonyl (C=O) groups is 2. The summed E-state index contributed by atoms with van der Waals surface area (Å²) in [5, 5.41) is 2.85. The van der Waals surface area contributed by atoms with Crippen LogP contribution in [0, 0.1) is 5.92 Å². The van der Waals surface area contributed by atoms with Gasteiger partial charge in [-0.3, -0.25) is 9.59 Å². The number of hydrogen-bond donors (Lipinski definition) is 1. The van der Waals surface area contributed by atoms with Crippen LogP contribution in [0.15, 0.2) is 0 Å². The van der Waals surface area contributed by atoms with Gasteiger partial charge in [0, 0.05) is 12.3 Å². The minimum absolute atomic E-state index is 0.0756. The van der Waals surface area contributed by atoms with Gasteiger partial charge in [-0.05, 0) is 20.9 Å². The largest absolute Gasteiger partial charge is 0.311 e. The highest BCUT2D eigenvalue weighted by molar-refractivity contribution is 5.89. The van der Waals surface area contributed by atoms with Gasteiger partial charge in [0.25, 0.3) is 0 Å². The predicted molar refractivity (Wildman–Crippen MR) is 48.0 cm³/mol. The molecule has 2 atom stereocenters. The molecule has 0 heterocycles. The Morgan fingerprint density at radius 2 is 1.83 bits per heavy atom. The van der Waals surface area contributed by atoms with Crippen molar-refractivity contribution in [3.8, 4) is 0 Å². The Morgan fingerprint density at radius 3 is 2.17 bits per heavy atom. The second kappa shape index (κ2) is 5.04. The van der Waals surface area contributed by atoms with Crippen molar-refractivity contribution in [1.29, 1.82) is 0 Å². The average Bonchev–Trinajstić information content (AvgIpc) is 2.02. The number of likely N-dealkylation sites (N-methyl/N-ethyl adjacent to an activating group) is 1. The van der Waals surface area contributed by atoms with Crippen LogP contribution >= 0.6 is 0 Å². The van der Waals surface area contributed by atoms with Gasteiger partial charge in [0.05, 0.1) is 6.04 Å². The first kappa shape index (κ1) is 11.3. The molecule has 1 N–H and O–H groups in total. The van der Waals surface area contributed by atoms with Gasteiger partial charge in [-0.2, -0.15) is 0 Å². The summed E-state index contributed by atoms with van der Waals surface area (Å²) in [6.07, 6.45) is 0.345. The van der Waals surface area contributed by atoms with Gasteiger partial charge in [0.2, 0.25) is 0 Å². The predicted octanol–water partition coefficient (Wildman–Crippen LogP) is 0.779. The molecule has 0 spiro atoms. The molecule has 70 valence electrons. The second-order valence-electron chi connectivity index (χ2n) is 3.19. The van der Waals surface area contributed by atoms with Crippen molar-refractivity contribution in [1.82, 2.24) is 5.32 Å². The molecule has 0 radical (unpaired) electrons. The smallest absolute Gasteiger partial charge is 0.150 e. The third kappa shape index (κ3) is 3.62. The van der Waals surface area contributed by atoms with Crippen LogP contribution in [0.4, 0.5) is 0 Å². The molecule has 0 rings (SSSR count). The molecule has 3 nitrogen and oxygen atoms in total. The number of nitrogens with one attached hydrogen (secondary N) is 1. The van der Waals surface area contributed by atoms with Crippen LogP contribution in [0.5, 0.6) is 0 Å². The van der Waals surface area contributed by atoms with E-state index in [1.165, 1.54) is 6.92 Å². The zero-order valence-electron chi connectivity index (χ0n) is 8.18. The fourth-order valence-corrected chi connectivity index (χ4v) is 0.783. The SMILES string of the molecule is CN[C@@H](C)C(=O)C[C@@H](C)C(C)=O. The Morgan fingerprint density at radius 1 is 1.33 bits per heavy atom. The second-order valence-corrected chi connectivity index (χ2v) is 3.19. The number of carbonyl (C=O) groups excluding carboxylic acids is 2. The molecule has 0 aromatic rings. The molecule has 0 fully saturated rings. The van der Waals surface area contributed by atoms with Gasteiger partial charge >= 0.3 is 0 Å². The van der Waals surface area contributed by atoms with Crippen LogP contribution in [0.3, 0.4) is 0 Å². The summed E-state index contributed by atoms with van der Waals surface area (Å²) in [7, 11) is 1.74. The molecule has 0 saturated heterocycles. The fraction of sp³-hybridized carbons (Fsp3) is 0.778. The van der Waals surface area contributed by atoms with Gasteiger partial charge in [-0.25, -0.2) is 0 Å². The monoisotopic (exact) mass is 171 g/mol. The maximum Gasteiger partial charge on any atom is 0.150 e. The molecule has 0 amide bonds. The number of rotatable bonds is 5. The zero-order valence-corrected chi connectivity index (χ0v) is 8.18. The molecule has 3 heteroatoms. The molecule has 12 heavy (non-hydrogen) atoms. The van der Waals surface area contributed by atoms with Crippen molar-refractivity contribution in [3.63, 3.8) is 0 Å². The van der Waals surface area contributed by atoms with E-state index in [1.807, 2.05) is 0 Å². The van der Waals surface area contributed by atoms with Gasteiger partial charge in [0.15, 0.2) is 0 Å². The molecule has 0 unspecified atom stereocenters. The van der Waals surface area contributed by atoms with E-state index in [9.17, 15) is 9.59 Å². The van der Waals surface area contributed by atoms with Crippen LogP contribution in [0.25, 0.3) is 0 Å². The van der Waals surface area contributed by atoms with Crippen molar-refractivity contribution in [3.05, 3.63) is 0 Å². The van der Waals surface area contributed by atoms with E-state index < -0.39 is 0 Å². The highest BCUT2D eigenvalue weighted by atomic mass is 16.1. The summed E-state index contributed by atoms with van der Waals surface area (Å²) >= 11 is 0. The topological polar surface area (TPSA) is 46.2 Å². The van der Waals surface area contributed by atoms with Gasteiger partial charge in [-0.1, -0.05) is 6.92 Å². The first-order valence-electron chi connectivity index (χ1n) is 4.19. The van der Waals surface area contributed by atoms with Crippen LogP contribution in [-0.4, -0.2) is 24.7 Å². The summed E-state index contributed by atoms with van der Waals surface area (Å²) in [6.45, 7) is 5.10. The zero-order chi connectivity index (χ0) is 9.72. The molecule has 0 aliphatic carbocycles. The molecule has 0 aromatic carbocycles. The minimum atomic E-state index is -0.146. The minimum Gasteiger partial charge on any atom is -0.311 e. The molecule has 0 aliphatic rings. The number of Topliss-reactive ketones (excluding diaryl/α,β-unsaturated/α-hetero) is 2. The van der Waals surface area contributed by atoms with Crippen molar-refractivity contribution >= 4 is 11.6 Å². The van der Waals surface area contributed by atoms with E-state index in [1.54, 1.807) is 20.9 Å². The van der Waals surface area contributed by atoms with E-state index in [2.05, 4.69) is 5.32 Å². The van der Waals surface area contributed by atoms with E-state index in [0.717, 1.165) is 0 Å². The summed E-state index contributed by atoms with van der Waals surface area (Å²) in [5.41, 5.74) is 0. The van der Waals surface area contributed by atoms with Crippen molar-refractivity contribution in [2.45, 2.75) is 33.2 Å². The van der Waals surface area contributed by atoms with Crippen LogP contribution in [0.2, 0.25) is 0 Å². The quantitative estimate of drug-likeness (QED) is 0.665. The van der Waals surface area contributed by atoms with Crippen LogP contribution in [0.1, 0.15) is 27.2 Å². The number of ketones is 2. The maximum absolute atomic E-state index is 11.3. The maximum atomic E-state index is 11.3. The third-order valence-corrected chi connectivity index (χ3v) is 2.12. The van der Waals surface area contributed by atoms with Crippen molar-refractivity contribution in [2.75, 3.05) is 7.05 Å². The molecular formula is C9H17NO2. The summed E-state index contributed by atoms with van der Waals surface area (Å²) in [6, 6.07) is -0.146. The van der Waals surface area contributed by atoms with E-state index >= 15 is 0 Å². The summed E-state index contributed by atoms with van der Waals surface area (Å²) in [5.74, 6) is 0.0279. The average molecular weight is 171 g/mol. The Labute approximate surface area is 73.5 Å². The summed E-state index contributed by atoms with van der Waals surface area (Å²) in [4.78, 5) is 22.1. The highest BCUT2D eigenvalue weighted by Gasteiger charge is 2.16. The van der Waals surface area contributed by atoms with Gasteiger partial charge < -0.3 is 5.32 Å². The molecule has 0 aromatic heterocycles. The molecule has 0 saturated carbocycles. The van der Waals surface area contributed by atoms with E-state index in [-0.39, 0.29) is 23.5 Å². The first-order valence-corrected chi connectivity index (χ1v) is 4.19. The lowest BCUT2D eigenvalue weighted by Crippen LogP contribution is -2.32. The highest BCUT2D eigenvalue weighted by Crippen LogP contribution is 2.05. The van der Waals surface area contributed by atoms with Gasteiger partial charge in [-0.15, -0.1) is 0 Å². The lowest BCUT2D eigenvalue weighted by atomic mass is 9.98. The lowest BCUT2D eigenvalue weighted by Gasteiger charge is -2.11. The van der Waals surface area contributed by atoms with Crippen LogP contribution in [-0.2, 0) is 9.59 Å². The third-order valence-electron chi connectivity index (χ3n) is 2.12. The first-order chi connectivity index (χ1) is 5.49. The van der Waals surface area contributed by atoms with E-state index in [0.29, 0.717) is 6.42 Å². The standard InChI is InChI=1S/C9H17NO2/c1-6(8(3)11)5-9(12)7(2)10-4/h6-7,10H,5H2,1-4H3/t6-,7+/m1/s1. The fourth-order valence-electron chi connectivity index (χ4n) is 0.783. The number of hydrogen-bond acceptors (Lipinski definition) is 3. The van der Waals surface area contributed by atoms with Gasteiger partial charge in [0.1, 0.15) is 11.6 Å². The Bertz CT molecular complexity index is 177. The Hall–Kier alpha value is -0.700. The Balaban J connectivity index is 3.92. The van der Waals surface area contributed by atoms with E-state index in [4.69, 9.17) is 0 Å².